The number of hydrogen-bond donors (Lipinski definition) is 1. The molecule has 0 spiro atoms. The number of nitrogens with zero attached hydrogens (tertiary/aromatic N) is 1. The quantitative estimate of drug-likeness (QED) is 0.834. The van der Waals surface area contributed by atoms with Crippen molar-refractivity contribution in [2.45, 2.75) is 52.7 Å². The molecule has 1 aromatic rings. The van der Waals surface area contributed by atoms with Crippen molar-refractivity contribution in [1.82, 2.24) is 10.2 Å². The van der Waals surface area contributed by atoms with Gasteiger partial charge in [0.15, 0.2) is 0 Å². The summed E-state index contributed by atoms with van der Waals surface area (Å²) in [4.78, 5) is 2.54. The molecule has 1 saturated heterocycles. The lowest BCUT2D eigenvalue weighted by Gasteiger charge is -2.21. The van der Waals surface area contributed by atoms with Gasteiger partial charge in [-0.2, -0.15) is 0 Å². The summed E-state index contributed by atoms with van der Waals surface area (Å²) < 4.78 is 6.03. The van der Waals surface area contributed by atoms with Gasteiger partial charge in [-0.3, -0.25) is 4.90 Å². The van der Waals surface area contributed by atoms with E-state index >= 15 is 0 Å². The molecule has 2 unspecified atom stereocenters. The second-order valence-corrected chi connectivity index (χ2v) is 6.68. The van der Waals surface area contributed by atoms with E-state index in [1.54, 1.807) is 0 Å². The lowest BCUT2D eigenvalue weighted by Crippen LogP contribution is -2.31. The van der Waals surface area contributed by atoms with Gasteiger partial charge >= 0.3 is 0 Å². The van der Waals surface area contributed by atoms with Gasteiger partial charge in [-0.1, -0.05) is 39.0 Å². The molecule has 1 aromatic carbocycles. The van der Waals surface area contributed by atoms with Gasteiger partial charge in [-0.15, -0.1) is 0 Å². The van der Waals surface area contributed by atoms with Gasteiger partial charge in [0.05, 0.1) is 0 Å². The van der Waals surface area contributed by atoms with Crippen LogP contribution in [0.2, 0.25) is 0 Å². The van der Waals surface area contributed by atoms with Crippen LogP contribution in [0.3, 0.4) is 0 Å². The number of hydrogen-bond acceptors (Lipinski definition) is 3. The van der Waals surface area contributed by atoms with Gasteiger partial charge in [-0.25, -0.2) is 0 Å². The highest BCUT2D eigenvalue weighted by molar-refractivity contribution is 5.33. The summed E-state index contributed by atoms with van der Waals surface area (Å²) in [6, 6.07) is 9.54. The van der Waals surface area contributed by atoms with E-state index in [-0.39, 0.29) is 0 Å². The van der Waals surface area contributed by atoms with Crippen molar-refractivity contribution in [3.05, 3.63) is 29.8 Å². The number of rotatable bonds is 7. The second-order valence-electron chi connectivity index (χ2n) is 6.68. The Morgan fingerprint density at radius 3 is 2.71 bits per heavy atom. The summed E-state index contributed by atoms with van der Waals surface area (Å²) in [5.74, 6) is 1.84. The van der Waals surface area contributed by atoms with Crippen molar-refractivity contribution in [2.75, 3.05) is 19.7 Å². The highest BCUT2D eigenvalue weighted by Gasteiger charge is 2.25. The minimum Gasteiger partial charge on any atom is -0.492 e. The highest BCUT2D eigenvalue weighted by Crippen LogP contribution is 2.22. The third-order valence-corrected chi connectivity index (χ3v) is 4.22. The average Bonchev–Trinajstić information content (AvgIpc) is 2.76. The Morgan fingerprint density at radius 1 is 1.29 bits per heavy atom. The van der Waals surface area contributed by atoms with E-state index < -0.39 is 0 Å². The molecule has 1 N–H and O–H groups in total. The largest absolute Gasteiger partial charge is 0.492 e. The molecule has 0 radical (unpaired) electrons. The Bertz CT molecular complexity index is 433. The second kappa shape index (κ2) is 7.81. The van der Waals surface area contributed by atoms with E-state index in [0.717, 1.165) is 31.4 Å². The first kappa shape index (κ1) is 16.3. The van der Waals surface area contributed by atoms with Crippen LogP contribution in [0.1, 0.15) is 39.7 Å². The number of ether oxygens (including phenoxy) is 1. The number of nitrogens with one attached hydrogen (secondary N) is 1. The van der Waals surface area contributed by atoms with E-state index in [9.17, 15) is 0 Å². The monoisotopic (exact) mass is 290 g/mol. The molecule has 1 aliphatic heterocycles. The molecule has 0 amide bonds. The maximum Gasteiger partial charge on any atom is 0.123 e. The van der Waals surface area contributed by atoms with Gasteiger partial charge in [0.1, 0.15) is 12.4 Å². The summed E-state index contributed by atoms with van der Waals surface area (Å²) in [6.07, 6.45) is 1.31. The Kier molecular flexibility index (Phi) is 6.07. The molecular weight excluding hydrogens is 260 g/mol. The average molecular weight is 290 g/mol. The van der Waals surface area contributed by atoms with E-state index in [0.29, 0.717) is 12.1 Å². The zero-order chi connectivity index (χ0) is 15.2. The summed E-state index contributed by atoms with van der Waals surface area (Å²) in [5, 5.41) is 3.46. The summed E-state index contributed by atoms with van der Waals surface area (Å²) in [6.45, 7) is 12.9. The first-order chi connectivity index (χ1) is 10.1. The van der Waals surface area contributed by atoms with Crippen LogP contribution in [0.4, 0.5) is 0 Å². The Labute approximate surface area is 129 Å². The van der Waals surface area contributed by atoms with Crippen molar-refractivity contribution in [1.29, 1.82) is 0 Å². The fourth-order valence-corrected chi connectivity index (χ4v) is 3.08. The fourth-order valence-electron chi connectivity index (χ4n) is 3.08. The molecule has 21 heavy (non-hydrogen) atoms. The minimum atomic E-state index is 0.491. The topological polar surface area (TPSA) is 24.5 Å². The molecule has 1 heterocycles. The van der Waals surface area contributed by atoms with Gasteiger partial charge in [0.25, 0.3) is 0 Å². The number of benzene rings is 1. The van der Waals surface area contributed by atoms with Crippen LogP contribution in [0, 0.1) is 5.92 Å². The predicted molar refractivity (Wildman–Crippen MR) is 88.7 cm³/mol. The van der Waals surface area contributed by atoms with Gasteiger partial charge in [-0.05, 0) is 25.3 Å². The molecule has 1 fully saturated rings. The Balaban J connectivity index is 1.82. The Morgan fingerprint density at radius 2 is 2.05 bits per heavy atom. The molecule has 118 valence electrons. The molecule has 2 rings (SSSR count). The summed E-state index contributed by atoms with van der Waals surface area (Å²) >= 11 is 0. The van der Waals surface area contributed by atoms with Crippen LogP contribution in [-0.2, 0) is 6.54 Å². The van der Waals surface area contributed by atoms with Crippen LogP contribution >= 0.6 is 0 Å². The van der Waals surface area contributed by atoms with Gasteiger partial charge in [0, 0.05) is 37.3 Å². The van der Waals surface area contributed by atoms with Crippen molar-refractivity contribution in [2.24, 2.45) is 5.92 Å². The fraction of sp³-hybridized carbons (Fsp3) is 0.667. The van der Waals surface area contributed by atoms with Crippen LogP contribution in [0.5, 0.6) is 5.75 Å². The maximum atomic E-state index is 6.03. The zero-order valence-corrected chi connectivity index (χ0v) is 13.9. The van der Waals surface area contributed by atoms with E-state index in [4.69, 9.17) is 4.74 Å². The molecule has 3 heteroatoms. The predicted octanol–water partition coefficient (Wildman–Crippen LogP) is 3.29. The van der Waals surface area contributed by atoms with Crippen LogP contribution in [0.15, 0.2) is 24.3 Å². The van der Waals surface area contributed by atoms with Crippen LogP contribution < -0.4 is 10.1 Å². The first-order valence-electron chi connectivity index (χ1n) is 8.24. The van der Waals surface area contributed by atoms with E-state index in [2.05, 4.69) is 62.2 Å². The molecule has 0 aliphatic carbocycles. The van der Waals surface area contributed by atoms with Crippen molar-refractivity contribution in [3.63, 3.8) is 0 Å². The molecular formula is C18H30N2O. The molecule has 0 aromatic heterocycles. The smallest absolute Gasteiger partial charge is 0.123 e. The number of para-hydroxylation sites is 1. The normalized spacial score (nSPS) is 22.9. The van der Waals surface area contributed by atoms with E-state index in [1.165, 1.54) is 18.5 Å². The molecule has 3 nitrogen and oxygen atoms in total. The van der Waals surface area contributed by atoms with Crippen molar-refractivity contribution >= 4 is 0 Å². The third-order valence-electron chi connectivity index (χ3n) is 4.22. The summed E-state index contributed by atoms with van der Waals surface area (Å²) in [7, 11) is 0. The lowest BCUT2D eigenvalue weighted by atomic mass is 10.1. The van der Waals surface area contributed by atoms with Crippen LogP contribution in [-0.4, -0.2) is 36.7 Å². The first-order valence-corrected chi connectivity index (χ1v) is 8.24. The highest BCUT2D eigenvalue weighted by atomic mass is 16.5. The summed E-state index contributed by atoms with van der Waals surface area (Å²) in [5.41, 5.74) is 1.24. The van der Waals surface area contributed by atoms with Crippen molar-refractivity contribution < 1.29 is 4.74 Å². The molecule has 1 aliphatic rings. The molecule has 0 bridgehead atoms. The van der Waals surface area contributed by atoms with Crippen molar-refractivity contribution in [3.8, 4) is 5.75 Å². The van der Waals surface area contributed by atoms with E-state index in [1.807, 2.05) is 0 Å². The standard InChI is InChI=1S/C18H30N2O/c1-14(2)19-12-17-7-5-6-8-18(17)21-10-9-20-13-15(3)11-16(20)4/h5-8,14-16,19H,9-13H2,1-4H3. The minimum absolute atomic E-state index is 0.491. The maximum absolute atomic E-state index is 6.03. The number of likely N-dealkylation sites (tertiary alicyclic amines) is 1. The van der Waals surface area contributed by atoms with Gasteiger partial charge < -0.3 is 10.1 Å². The molecule has 0 saturated carbocycles. The van der Waals surface area contributed by atoms with Crippen LogP contribution in [0.25, 0.3) is 0 Å². The molecule has 2 atom stereocenters. The lowest BCUT2D eigenvalue weighted by molar-refractivity contribution is 0.201. The third kappa shape index (κ3) is 5.01. The zero-order valence-electron chi connectivity index (χ0n) is 13.9. The SMILES string of the molecule is CC1CC(C)N(CCOc2ccccc2CNC(C)C)C1. The van der Waals surface area contributed by atoms with Gasteiger partial charge in [0.2, 0.25) is 0 Å². The Hall–Kier alpha value is -1.06.